The van der Waals surface area contributed by atoms with Gasteiger partial charge in [-0.05, 0) is 37.6 Å². The summed E-state index contributed by atoms with van der Waals surface area (Å²) in [6.45, 7) is 3.85. The van der Waals surface area contributed by atoms with Gasteiger partial charge in [-0.2, -0.15) is 0 Å². The maximum atomic E-state index is 12.7. The second kappa shape index (κ2) is 9.27. The normalized spacial score (nSPS) is 15.0. The van der Waals surface area contributed by atoms with E-state index in [-0.39, 0.29) is 12.3 Å². The fourth-order valence-electron chi connectivity index (χ4n) is 2.94. The van der Waals surface area contributed by atoms with Crippen LogP contribution in [0.1, 0.15) is 29.6 Å². The van der Waals surface area contributed by atoms with Crippen molar-refractivity contribution in [1.29, 1.82) is 0 Å². The molecule has 2 rings (SSSR count). The first kappa shape index (κ1) is 19.1. The van der Waals surface area contributed by atoms with Crippen molar-refractivity contribution in [2.24, 2.45) is 0 Å². The number of nitrogens with zero attached hydrogens (tertiary/aromatic N) is 2. The quantitative estimate of drug-likeness (QED) is 0.719. The molecule has 0 saturated carbocycles. The summed E-state index contributed by atoms with van der Waals surface area (Å²) in [5.41, 5.74) is 0.590. The molecule has 1 aromatic carbocycles. The molecular formula is C18H26N2O5. The van der Waals surface area contributed by atoms with Crippen LogP contribution in [0.5, 0.6) is 11.5 Å². The number of amides is 1. The minimum Gasteiger partial charge on any atom is -0.493 e. The van der Waals surface area contributed by atoms with Gasteiger partial charge in [0.1, 0.15) is 0 Å². The van der Waals surface area contributed by atoms with E-state index < -0.39 is 5.97 Å². The average molecular weight is 350 g/mol. The van der Waals surface area contributed by atoms with Crippen LogP contribution in [0.3, 0.4) is 0 Å². The fourth-order valence-corrected chi connectivity index (χ4v) is 2.94. The summed E-state index contributed by atoms with van der Waals surface area (Å²) < 4.78 is 10.5. The highest BCUT2D eigenvalue weighted by Gasteiger charge is 2.22. The van der Waals surface area contributed by atoms with E-state index in [9.17, 15) is 9.59 Å². The number of rotatable bonds is 8. The van der Waals surface area contributed by atoms with Crippen molar-refractivity contribution in [1.82, 2.24) is 9.80 Å². The van der Waals surface area contributed by atoms with Gasteiger partial charge in [0, 0.05) is 38.2 Å². The first-order valence-electron chi connectivity index (χ1n) is 8.50. The number of benzene rings is 1. The van der Waals surface area contributed by atoms with Gasteiger partial charge in [-0.3, -0.25) is 14.5 Å². The highest BCUT2D eigenvalue weighted by atomic mass is 16.5. The van der Waals surface area contributed by atoms with Crippen LogP contribution in [0.4, 0.5) is 0 Å². The Morgan fingerprint density at radius 3 is 2.32 bits per heavy atom. The number of carbonyl (C=O) groups is 2. The molecule has 0 aliphatic carbocycles. The molecule has 1 aliphatic heterocycles. The molecule has 0 atom stereocenters. The monoisotopic (exact) mass is 350 g/mol. The van der Waals surface area contributed by atoms with Crippen molar-refractivity contribution in [3.63, 3.8) is 0 Å². The SMILES string of the molecule is COc1ccc(C(=O)N2CCN(CCCCC(=O)O)CC2)cc1OC. The summed E-state index contributed by atoms with van der Waals surface area (Å²) in [5, 5.41) is 8.65. The first-order valence-corrected chi connectivity index (χ1v) is 8.50. The molecule has 0 aromatic heterocycles. The Hall–Kier alpha value is -2.28. The van der Waals surface area contributed by atoms with E-state index in [0.29, 0.717) is 36.6 Å². The van der Waals surface area contributed by atoms with Crippen LogP contribution in [0.25, 0.3) is 0 Å². The Morgan fingerprint density at radius 2 is 1.72 bits per heavy atom. The molecule has 1 N–H and O–H groups in total. The van der Waals surface area contributed by atoms with Gasteiger partial charge < -0.3 is 19.5 Å². The highest BCUT2D eigenvalue weighted by molar-refractivity contribution is 5.95. The Morgan fingerprint density at radius 1 is 1.04 bits per heavy atom. The van der Waals surface area contributed by atoms with Crippen molar-refractivity contribution < 1.29 is 24.2 Å². The standard InChI is InChI=1S/C18H26N2O5/c1-24-15-7-6-14(13-16(15)25-2)18(23)20-11-9-19(10-12-20)8-4-3-5-17(21)22/h6-7,13H,3-5,8-12H2,1-2H3,(H,21,22). The molecule has 0 bridgehead atoms. The molecule has 25 heavy (non-hydrogen) atoms. The maximum Gasteiger partial charge on any atom is 0.303 e. The van der Waals surface area contributed by atoms with Crippen LogP contribution in [0.2, 0.25) is 0 Å². The van der Waals surface area contributed by atoms with Crippen LogP contribution in [0.15, 0.2) is 18.2 Å². The summed E-state index contributed by atoms with van der Waals surface area (Å²) in [5.74, 6) is 0.396. The van der Waals surface area contributed by atoms with Crippen LogP contribution < -0.4 is 9.47 Å². The van der Waals surface area contributed by atoms with E-state index in [1.165, 1.54) is 0 Å². The second-order valence-electron chi connectivity index (χ2n) is 6.05. The Kier molecular flexibility index (Phi) is 7.06. The van der Waals surface area contributed by atoms with Crippen molar-refractivity contribution in [3.8, 4) is 11.5 Å². The number of carboxylic acids is 1. The number of hydrogen-bond donors (Lipinski definition) is 1. The zero-order valence-corrected chi connectivity index (χ0v) is 14.9. The molecule has 1 aliphatic rings. The van der Waals surface area contributed by atoms with Gasteiger partial charge in [0.2, 0.25) is 0 Å². The molecule has 7 heteroatoms. The molecule has 0 unspecified atom stereocenters. The minimum absolute atomic E-state index is 0.00789. The molecular weight excluding hydrogens is 324 g/mol. The van der Waals surface area contributed by atoms with Gasteiger partial charge in [-0.15, -0.1) is 0 Å². The van der Waals surface area contributed by atoms with Crippen LogP contribution >= 0.6 is 0 Å². The second-order valence-corrected chi connectivity index (χ2v) is 6.05. The lowest BCUT2D eigenvalue weighted by Crippen LogP contribution is -2.48. The third kappa shape index (κ3) is 5.35. The number of unbranched alkanes of at least 4 members (excludes halogenated alkanes) is 1. The largest absolute Gasteiger partial charge is 0.493 e. The summed E-state index contributed by atoms with van der Waals surface area (Å²) in [7, 11) is 3.12. The van der Waals surface area contributed by atoms with Crippen LogP contribution in [-0.4, -0.2) is 73.7 Å². The van der Waals surface area contributed by atoms with Crippen LogP contribution in [-0.2, 0) is 4.79 Å². The topological polar surface area (TPSA) is 79.3 Å². The molecule has 1 fully saturated rings. The lowest BCUT2D eigenvalue weighted by atomic mass is 10.1. The Labute approximate surface area is 148 Å². The van der Waals surface area contributed by atoms with Crippen molar-refractivity contribution in [3.05, 3.63) is 23.8 Å². The first-order chi connectivity index (χ1) is 12.0. The van der Waals surface area contributed by atoms with E-state index in [1.807, 2.05) is 4.90 Å². The molecule has 138 valence electrons. The Bertz CT molecular complexity index is 597. The number of carbonyl (C=O) groups excluding carboxylic acids is 1. The number of piperazine rings is 1. The Balaban J connectivity index is 1.84. The highest BCUT2D eigenvalue weighted by Crippen LogP contribution is 2.28. The molecule has 7 nitrogen and oxygen atoms in total. The third-order valence-electron chi connectivity index (χ3n) is 4.40. The predicted octanol–water partition coefficient (Wildman–Crippen LogP) is 1.72. The van der Waals surface area contributed by atoms with E-state index in [2.05, 4.69) is 4.90 Å². The van der Waals surface area contributed by atoms with Crippen LogP contribution in [0, 0.1) is 0 Å². The molecule has 1 heterocycles. The zero-order valence-electron chi connectivity index (χ0n) is 14.9. The summed E-state index contributed by atoms with van der Waals surface area (Å²) in [4.78, 5) is 27.3. The van der Waals surface area contributed by atoms with Crippen molar-refractivity contribution >= 4 is 11.9 Å². The summed E-state index contributed by atoms with van der Waals surface area (Å²) in [6.07, 6.45) is 1.79. The molecule has 1 saturated heterocycles. The smallest absolute Gasteiger partial charge is 0.303 e. The maximum absolute atomic E-state index is 12.7. The summed E-state index contributed by atoms with van der Waals surface area (Å²) in [6, 6.07) is 5.20. The fraction of sp³-hybridized carbons (Fsp3) is 0.556. The molecule has 1 amide bonds. The predicted molar refractivity (Wildman–Crippen MR) is 93.4 cm³/mol. The minimum atomic E-state index is -0.745. The average Bonchev–Trinajstić information content (AvgIpc) is 2.64. The molecule has 0 spiro atoms. The van der Waals surface area contributed by atoms with Crippen molar-refractivity contribution in [2.75, 3.05) is 46.9 Å². The molecule has 1 aromatic rings. The van der Waals surface area contributed by atoms with Gasteiger partial charge in [0.15, 0.2) is 11.5 Å². The van der Waals surface area contributed by atoms with E-state index in [4.69, 9.17) is 14.6 Å². The lowest BCUT2D eigenvalue weighted by Gasteiger charge is -2.34. The van der Waals surface area contributed by atoms with Gasteiger partial charge >= 0.3 is 5.97 Å². The van der Waals surface area contributed by atoms with E-state index in [1.54, 1.807) is 32.4 Å². The zero-order chi connectivity index (χ0) is 18.2. The van der Waals surface area contributed by atoms with Gasteiger partial charge in [0.25, 0.3) is 5.91 Å². The van der Waals surface area contributed by atoms with Crippen molar-refractivity contribution in [2.45, 2.75) is 19.3 Å². The number of methoxy groups -OCH3 is 2. The number of aliphatic carboxylic acids is 1. The van der Waals surface area contributed by atoms with Gasteiger partial charge in [0.05, 0.1) is 14.2 Å². The van der Waals surface area contributed by atoms with Gasteiger partial charge in [-0.25, -0.2) is 0 Å². The third-order valence-corrected chi connectivity index (χ3v) is 4.40. The summed E-state index contributed by atoms with van der Waals surface area (Å²) >= 11 is 0. The lowest BCUT2D eigenvalue weighted by molar-refractivity contribution is -0.137. The number of hydrogen-bond acceptors (Lipinski definition) is 5. The van der Waals surface area contributed by atoms with Gasteiger partial charge in [-0.1, -0.05) is 0 Å². The number of ether oxygens (including phenoxy) is 2. The molecule has 0 radical (unpaired) electrons. The van der Waals surface area contributed by atoms with E-state index in [0.717, 1.165) is 26.1 Å². The number of carboxylic acid groups (broad SMARTS) is 1. The van der Waals surface area contributed by atoms with E-state index >= 15 is 0 Å².